The van der Waals surface area contributed by atoms with Gasteiger partial charge in [-0.25, -0.2) is 4.98 Å². The van der Waals surface area contributed by atoms with Crippen molar-refractivity contribution in [1.82, 2.24) is 14.9 Å². The van der Waals surface area contributed by atoms with E-state index in [0.29, 0.717) is 11.7 Å². The Kier molecular flexibility index (Phi) is 5.37. The van der Waals surface area contributed by atoms with Crippen LogP contribution in [-0.2, 0) is 24.2 Å². The van der Waals surface area contributed by atoms with Gasteiger partial charge in [0.2, 0.25) is 5.91 Å². The number of aryl methyl sites for hydroxylation is 2. The smallest absolute Gasteiger partial charge is 0.263 e. The van der Waals surface area contributed by atoms with Gasteiger partial charge in [-0.05, 0) is 24.8 Å². The van der Waals surface area contributed by atoms with Crippen LogP contribution in [-0.4, -0.2) is 39.5 Å². The number of aliphatic hydroxyl groups excluding tert-OH is 1. The average Bonchev–Trinajstić information content (AvgIpc) is 3.14. The van der Waals surface area contributed by atoms with E-state index in [1.54, 1.807) is 22.0 Å². The van der Waals surface area contributed by atoms with Gasteiger partial charge < -0.3 is 10.4 Å². The van der Waals surface area contributed by atoms with E-state index < -0.39 is 0 Å². The fourth-order valence-electron chi connectivity index (χ4n) is 2.83. The van der Waals surface area contributed by atoms with Gasteiger partial charge in [0, 0.05) is 18.0 Å². The van der Waals surface area contributed by atoms with Crippen molar-refractivity contribution in [2.75, 3.05) is 18.9 Å². The average molecular weight is 365 g/mol. The summed E-state index contributed by atoms with van der Waals surface area (Å²) in [5.74, 6) is -0.0394. The number of aliphatic hydroxyl groups is 1. The lowest BCUT2D eigenvalue weighted by Gasteiger charge is -2.10. The Labute approximate surface area is 147 Å². The maximum absolute atomic E-state index is 12.9. The Bertz CT molecular complexity index is 841. The second-order valence-electron chi connectivity index (χ2n) is 5.50. The number of carbonyl (C=O) groups excluding carboxylic acids is 1. The number of thioether (sulfide) groups is 1. The molecule has 2 heterocycles. The van der Waals surface area contributed by atoms with Crippen LogP contribution in [0, 0.1) is 0 Å². The van der Waals surface area contributed by atoms with E-state index in [1.165, 1.54) is 16.6 Å². The van der Waals surface area contributed by atoms with Gasteiger partial charge in [0.05, 0.1) is 17.7 Å². The van der Waals surface area contributed by atoms with Gasteiger partial charge in [-0.1, -0.05) is 17.8 Å². The number of allylic oxidation sites excluding steroid dienone is 1. The van der Waals surface area contributed by atoms with Gasteiger partial charge >= 0.3 is 0 Å². The molecule has 6 nitrogen and oxygen atoms in total. The molecule has 8 heteroatoms. The van der Waals surface area contributed by atoms with E-state index in [0.717, 1.165) is 35.0 Å². The van der Waals surface area contributed by atoms with Crippen LogP contribution < -0.4 is 10.9 Å². The molecule has 0 unspecified atom stereocenters. The first-order valence-corrected chi connectivity index (χ1v) is 9.62. The molecule has 0 atom stereocenters. The topological polar surface area (TPSA) is 84.2 Å². The first-order chi connectivity index (χ1) is 11.7. The van der Waals surface area contributed by atoms with Crippen LogP contribution in [0.5, 0.6) is 0 Å². The standard InChI is InChI=1S/C16H19N3O3S2/c1-2-7-19-15(22)13-10-4-3-5-11(10)24-14(13)18-16(19)23-9-12(21)17-6-8-20/h2,20H,1,3-9H2,(H,17,21). The SMILES string of the molecule is C=CCn1c(SCC(=O)NCCO)nc2sc3c(c2c1=O)CCC3. The molecule has 24 heavy (non-hydrogen) atoms. The minimum absolute atomic E-state index is 0.0439. The zero-order chi connectivity index (χ0) is 17.1. The monoisotopic (exact) mass is 365 g/mol. The molecule has 1 aliphatic rings. The summed E-state index contributed by atoms with van der Waals surface area (Å²) in [6, 6.07) is 0. The molecule has 128 valence electrons. The minimum atomic E-state index is -0.192. The van der Waals surface area contributed by atoms with E-state index in [2.05, 4.69) is 16.9 Å². The van der Waals surface area contributed by atoms with Crippen molar-refractivity contribution in [1.29, 1.82) is 0 Å². The Morgan fingerprint density at radius 2 is 2.33 bits per heavy atom. The summed E-state index contributed by atoms with van der Waals surface area (Å²) in [6.07, 6.45) is 4.72. The fraction of sp³-hybridized carbons (Fsp3) is 0.438. The molecule has 2 N–H and O–H groups in total. The number of nitrogens with one attached hydrogen (secondary N) is 1. The summed E-state index contributed by atoms with van der Waals surface area (Å²) < 4.78 is 1.59. The molecule has 0 bridgehead atoms. The number of carbonyl (C=O) groups is 1. The van der Waals surface area contributed by atoms with Gasteiger partial charge in [-0.2, -0.15) is 0 Å². The number of thiophene rings is 1. The lowest BCUT2D eigenvalue weighted by molar-refractivity contribution is -0.118. The Balaban J connectivity index is 1.94. The van der Waals surface area contributed by atoms with Crippen molar-refractivity contribution in [2.24, 2.45) is 0 Å². The lowest BCUT2D eigenvalue weighted by atomic mass is 10.2. The Hall–Kier alpha value is -1.64. The van der Waals surface area contributed by atoms with Gasteiger partial charge in [0.15, 0.2) is 5.16 Å². The number of nitrogens with zero attached hydrogens (tertiary/aromatic N) is 2. The van der Waals surface area contributed by atoms with Crippen LogP contribution in [0.3, 0.4) is 0 Å². The van der Waals surface area contributed by atoms with Crippen molar-refractivity contribution in [3.8, 4) is 0 Å². The zero-order valence-electron chi connectivity index (χ0n) is 13.2. The highest BCUT2D eigenvalue weighted by Gasteiger charge is 2.23. The third kappa shape index (κ3) is 3.26. The summed E-state index contributed by atoms with van der Waals surface area (Å²) in [5, 5.41) is 12.6. The van der Waals surface area contributed by atoms with Crippen molar-refractivity contribution in [3.05, 3.63) is 33.4 Å². The Morgan fingerprint density at radius 3 is 3.08 bits per heavy atom. The summed E-state index contributed by atoms with van der Waals surface area (Å²) in [5.41, 5.74) is 1.11. The van der Waals surface area contributed by atoms with Gasteiger partial charge in [-0.3, -0.25) is 14.2 Å². The van der Waals surface area contributed by atoms with Crippen molar-refractivity contribution in [3.63, 3.8) is 0 Å². The maximum Gasteiger partial charge on any atom is 0.263 e. The Morgan fingerprint density at radius 1 is 1.50 bits per heavy atom. The molecule has 0 aromatic carbocycles. The molecule has 0 saturated carbocycles. The maximum atomic E-state index is 12.9. The van der Waals surface area contributed by atoms with Gasteiger partial charge in [0.25, 0.3) is 5.56 Å². The van der Waals surface area contributed by atoms with E-state index >= 15 is 0 Å². The predicted octanol–water partition coefficient (Wildman–Crippen LogP) is 1.33. The largest absolute Gasteiger partial charge is 0.395 e. The molecule has 2 aromatic heterocycles. The molecular formula is C16H19N3O3S2. The van der Waals surface area contributed by atoms with Crippen LogP contribution in [0.15, 0.2) is 22.6 Å². The first kappa shape index (κ1) is 17.2. The summed E-state index contributed by atoms with van der Waals surface area (Å²) in [6.45, 7) is 4.21. The quantitative estimate of drug-likeness (QED) is 0.439. The molecule has 2 aromatic rings. The lowest BCUT2D eigenvalue weighted by Crippen LogP contribution is -2.29. The summed E-state index contributed by atoms with van der Waals surface area (Å²) in [4.78, 5) is 31.3. The fourth-order valence-corrected chi connectivity index (χ4v) is 4.98. The highest BCUT2D eigenvalue weighted by Crippen LogP contribution is 2.35. The summed E-state index contributed by atoms with van der Waals surface area (Å²) in [7, 11) is 0. The molecular weight excluding hydrogens is 346 g/mol. The van der Waals surface area contributed by atoms with Crippen molar-refractivity contribution in [2.45, 2.75) is 31.0 Å². The predicted molar refractivity (Wildman–Crippen MR) is 96.9 cm³/mol. The number of amides is 1. The van der Waals surface area contributed by atoms with Crippen LogP contribution in [0.2, 0.25) is 0 Å². The zero-order valence-corrected chi connectivity index (χ0v) is 14.8. The highest BCUT2D eigenvalue weighted by molar-refractivity contribution is 7.99. The molecule has 0 spiro atoms. The molecule has 0 saturated heterocycles. The van der Waals surface area contributed by atoms with Crippen molar-refractivity contribution < 1.29 is 9.90 Å². The van der Waals surface area contributed by atoms with Crippen LogP contribution >= 0.6 is 23.1 Å². The molecule has 0 radical (unpaired) electrons. The van der Waals surface area contributed by atoms with Gasteiger partial charge in [-0.15, -0.1) is 17.9 Å². The second kappa shape index (κ2) is 7.50. The highest BCUT2D eigenvalue weighted by atomic mass is 32.2. The molecule has 0 aliphatic heterocycles. The third-order valence-corrected chi connectivity index (χ3v) is 6.03. The number of rotatable bonds is 7. The molecule has 0 fully saturated rings. The number of hydrogen-bond donors (Lipinski definition) is 2. The van der Waals surface area contributed by atoms with Gasteiger partial charge in [0.1, 0.15) is 4.83 Å². The number of aromatic nitrogens is 2. The van der Waals surface area contributed by atoms with Crippen molar-refractivity contribution >= 4 is 39.2 Å². The van der Waals surface area contributed by atoms with E-state index in [1.807, 2.05) is 0 Å². The first-order valence-electron chi connectivity index (χ1n) is 7.82. The van der Waals surface area contributed by atoms with Crippen LogP contribution in [0.25, 0.3) is 10.2 Å². The minimum Gasteiger partial charge on any atom is -0.395 e. The number of hydrogen-bond acceptors (Lipinski definition) is 6. The normalized spacial score (nSPS) is 13.2. The van der Waals surface area contributed by atoms with E-state index in [9.17, 15) is 9.59 Å². The number of fused-ring (bicyclic) bond motifs is 3. The third-order valence-electron chi connectivity index (χ3n) is 3.87. The molecule has 1 amide bonds. The second-order valence-corrected chi connectivity index (χ2v) is 7.52. The van der Waals surface area contributed by atoms with E-state index in [4.69, 9.17) is 5.11 Å². The molecule has 3 rings (SSSR count). The van der Waals surface area contributed by atoms with Crippen LogP contribution in [0.1, 0.15) is 16.9 Å². The summed E-state index contributed by atoms with van der Waals surface area (Å²) >= 11 is 2.82. The molecule has 1 aliphatic carbocycles. The van der Waals surface area contributed by atoms with Crippen LogP contribution in [0.4, 0.5) is 0 Å². The van der Waals surface area contributed by atoms with E-state index in [-0.39, 0.29) is 30.4 Å².